The van der Waals surface area contributed by atoms with E-state index in [0.717, 1.165) is 35.5 Å². The molecule has 2 N–H and O–H groups in total. The molecule has 0 aliphatic carbocycles. The molecule has 0 saturated carbocycles. The molecule has 0 aromatic carbocycles. The second-order valence-corrected chi connectivity index (χ2v) is 4.53. The Morgan fingerprint density at radius 3 is 2.56 bits per heavy atom. The zero-order valence-corrected chi connectivity index (χ0v) is 11.4. The predicted molar refractivity (Wildman–Crippen MR) is 72.1 cm³/mol. The molecule has 2 rings (SSSR count). The summed E-state index contributed by atoms with van der Waals surface area (Å²) >= 11 is 0. The molecule has 0 unspecified atom stereocenters. The van der Waals surface area contributed by atoms with E-state index in [1.54, 1.807) is 0 Å². The van der Waals surface area contributed by atoms with Crippen molar-refractivity contribution in [1.82, 2.24) is 19.7 Å². The van der Waals surface area contributed by atoms with Crippen molar-refractivity contribution in [3.63, 3.8) is 0 Å². The Balaban J connectivity index is 2.56. The summed E-state index contributed by atoms with van der Waals surface area (Å²) in [5.74, 6) is 1.20. The summed E-state index contributed by atoms with van der Waals surface area (Å²) in [6.07, 6.45) is 1.96. The van der Waals surface area contributed by atoms with E-state index >= 15 is 0 Å². The van der Waals surface area contributed by atoms with Crippen molar-refractivity contribution < 1.29 is 0 Å². The highest BCUT2D eigenvalue weighted by atomic mass is 15.3. The zero-order chi connectivity index (χ0) is 13.3. The normalized spacial score (nSPS) is 10.9. The van der Waals surface area contributed by atoms with Crippen molar-refractivity contribution in [2.45, 2.75) is 33.6 Å². The molecular formula is C13H19N5. The fourth-order valence-corrected chi connectivity index (χ4v) is 2.11. The van der Waals surface area contributed by atoms with Gasteiger partial charge in [0.15, 0.2) is 5.82 Å². The van der Waals surface area contributed by atoms with Crippen LogP contribution in [0, 0.1) is 13.8 Å². The molecule has 5 heteroatoms. The third kappa shape index (κ3) is 2.20. The van der Waals surface area contributed by atoms with E-state index in [2.05, 4.69) is 22.0 Å². The Labute approximate surface area is 107 Å². The van der Waals surface area contributed by atoms with Crippen LogP contribution in [-0.2, 0) is 13.5 Å². The monoisotopic (exact) mass is 245 g/mol. The van der Waals surface area contributed by atoms with E-state index in [1.807, 2.05) is 31.6 Å². The number of nitrogen functional groups attached to an aromatic ring is 1. The first-order valence-electron chi connectivity index (χ1n) is 6.17. The van der Waals surface area contributed by atoms with Gasteiger partial charge in [0.1, 0.15) is 5.82 Å². The van der Waals surface area contributed by atoms with Crippen LogP contribution in [0.5, 0.6) is 0 Å². The van der Waals surface area contributed by atoms with Gasteiger partial charge in [0.25, 0.3) is 0 Å². The van der Waals surface area contributed by atoms with Crippen LogP contribution < -0.4 is 5.73 Å². The minimum atomic E-state index is 0.520. The lowest BCUT2D eigenvalue weighted by atomic mass is 10.1. The second kappa shape index (κ2) is 4.76. The van der Waals surface area contributed by atoms with E-state index < -0.39 is 0 Å². The van der Waals surface area contributed by atoms with Crippen molar-refractivity contribution in [1.29, 1.82) is 0 Å². The molecule has 0 aliphatic rings. The molecule has 0 spiro atoms. The lowest BCUT2D eigenvalue weighted by Gasteiger charge is -2.05. The van der Waals surface area contributed by atoms with Gasteiger partial charge in [0.05, 0.1) is 11.3 Å². The average molecular weight is 245 g/mol. The van der Waals surface area contributed by atoms with Crippen molar-refractivity contribution in [3.05, 3.63) is 23.1 Å². The van der Waals surface area contributed by atoms with Crippen LogP contribution >= 0.6 is 0 Å². The van der Waals surface area contributed by atoms with Gasteiger partial charge in [-0.3, -0.25) is 4.68 Å². The van der Waals surface area contributed by atoms with Gasteiger partial charge in [-0.15, -0.1) is 0 Å². The molecule has 5 nitrogen and oxygen atoms in total. The van der Waals surface area contributed by atoms with Gasteiger partial charge in [-0.05, 0) is 20.3 Å². The number of nitrogens with two attached hydrogens (primary N) is 1. The summed E-state index contributed by atoms with van der Waals surface area (Å²) in [6, 6.07) is 1.84. The van der Waals surface area contributed by atoms with Gasteiger partial charge in [-0.25, -0.2) is 9.97 Å². The minimum absolute atomic E-state index is 0.520. The van der Waals surface area contributed by atoms with Crippen molar-refractivity contribution in [2.75, 3.05) is 5.73 Å². The van der Waals surface area contributed by atoms with Gasteiger partial charge in [0.2, 0.25) is 0 Å². The van der Waals surface area contributed by atoms with Gasteiger partial charge in [0, 0.05) is 24.5 Å². The Morgan fingerprint density at radius 1 is 1.28 bits per heavy atom. The molecule has 0 saturated heterocycles. The minimum Gasteiger partial charge on any atom is -0.384 e. The molecule has 0 bridgehead atoms. The maximum absolute atomic E-state index is 5.86. The quantitative estimate of drug-likeness (QED) is 0.898. The highest BCUT2D eigenvalue weighted by molar-refractivity contribution is 5.62. The standard InChI is InChI=1S/C13H19N5/c1-5-6-10-7-11(14)16-13(15-10)12-8(2)17-18(4)9(12)3/h7H,5-6H2,1-4H3,(H2,14,15,16). The predicted octanol–water partition coefficient (Wildman–Crippen LogP) is 2.03. The molecule has 2 aromatic heterocycles. The fourth-order valence-electron chi connectivity index (χ4n) is 2.11. The third-order valence-electron chi connectivity index (χ3n) is 3.04. The van der Waals surface area contributed by atoms with E-state index in [4.69, 9.17) is 5.73 Å². The second-order valence-electron chi connectivity index (χ2n) is 4.53. The summed E-state index contributed by atoms with van der Waals surface area (Å²) in [7, 11) is 1.92. The van der Waals surface area contributed by atoms with Crippen molar-refractivity contribution in [2.24, 2.45) is 7.05 Å². The Bertz CT molecular complexity index is 571. The largest absolute Gasteiger partial charge is 0.384 e. The topological polar surface area (TPSA) is 69.6 Å². The summed E-state index contributed by atoms with van der Waals surface area (Å²) in [4.78, 5) is 8.92. The lowest BCUT2D eigenvalue weighted by molar-refractivity contribution is 0.731. The first kappa shape index (κ1) is 12.5. The number of aryl methyl sites for hydroxylation is 3. The number of hydrogen-bond donors (Lipinski definition) is 1. The first-order valence-corrected chi connectivity index (χ1v) is 6.17. The molecule has 96 valence electrons. The summed E-state index contributed by atoms with van der Waals surface area (Å²) < 4.78 is 1.84. The SMILES string of the molecule is CCCc1cc(N)nc(-c2c(C)nn(C)c2C)n1. The van der Waals surface area contributed by atoms with E-state index in [0.29, 0.717) is 11.6 Å². The van der Waals surface area contributed by atoms with E-state index in [-0.39, 0.29) is 0 Å². The Hall–Kier alpha value is -1.91. The van der Waals surface area contributed by atoms with Gasteiger partial charge < -0.3 is 5.73 Å². The number of rotatable bonds is 3. The van der Waals surface area contributed by atoms with Crippen LogP contribution in [0.4, 0.5) is 5.82 Å². The molecular weight excluding hydrogens is 226 g/mol. The number of anilines is 1. The maximum Gasteiger partial charge on any atom is 0.165 e. The average Bonchev–Trinajstić information content (AvgIpc) is 2.52. The molecule has 0 radical (unpaired) electrons. The van der Waals surface area contributed by atoms with Gasteiger partial charge in [-0.1, -0.05) is 13.3 Å². The van der Waals surface area contributed by atoms with Crippen molar-refractivity contribution in [3.8, 4) is 11.4 Å². The zero-order valence-electron chi connectivity index (χ0n) is 11.4. The molecule has 0 fully saturated rings. The molecule has 0 amide bonds. The van der Waals surface area contributed by atoms with E-state index in [9.17, 15) is 0 Å². The van der Waals surface area contributed by atoms with Crippen LogP contribution in [0.3, 0.4) is 0 Å². The van der Waals surface area contributed by atoms with Crippen molar-refractivity contribution >= 4 is 5.82 Å². The summed E-state index contributed by atoms with van der Waals surface area (Å²) in [6.45, 7) is 6.11. The third-order valence-corrected chi connectivity index (χ3v) is 3.04. The fraction of sp³-hybridized carbons (Fsp3) is 0.462. The maximum atomic E-state index is 5.86. The van der Waals surface area contributed by atoms with Gasteiger partial charge >= 0.3 is 0 Å². The van der Waals surface area contributed by atoms with Crippen LogP contribution in [-0.4, -0.2) is 19.7 Å². The molecule has 18 heavy (non-hydrogen) atoms. The van der Waals surface area contributed by atoms with Crippen LogP contribution in [0.1, 0.15) is 30.4 Å². The van der Waals surface area contributed by atoms with E-state index in [1.165, 1.54) is 0 Å². The number of hydrogen-bond acceptors (Lipinski definition) is 4. The molecule has 0 atom stereocenters. The highest BCUT2D eigenvalue weighted by Gasteiger charge is 2.15. The van der Waals surface area contributed by atoms with Crippen LogP contribution in [0.25, 0.3) is 11.4 Å². The molecule has 2 aromatic rings. The first-order chi connectivity index (χ1) is 8.52. The smallest absolute Gasteiger partial charge is 0.165 e. The number of nitrogens with zero attached hydrogens (tertiary/aromatic N) is 4. The Kier molecular flexibility index (Phi) is 3.32. The lowest BCUT2D eigenvalue weighted by Crippen LogP contribution is -2.01. The van der Waals surface area contributed by atoms with Crippen LogP contribution in [0.15, 0.2) is 6.07 Å². The van der Waals surface area contributed by atoms with Gasteiger partial charge in [-0.2, -0.15) is 5.10 Å². The van der Waals surface area contributed by atoms with Crippen LogP contribution in [0.2, 0.25) is 0 Å². The molecule has 2 heterocycles. The summed E-state index contributed by atoms with van der Waals surface area (Å²) in [5.41, 5.74) is 9.82. The Morgan fingerprint density at radius 2 is 2.00 bits per heavy atom. The molecule has 0 aliphatic heterocycles. The summed E-state index contributed by atoms with van der Waals surface area (Å²) in [5, 5.41) is 4.39. The highest BCUT2D eigenvalue weighted by Crippen LogP contribution is 2.24. The number of aromatic nitrogens is 4.